The highest BCUT2D eigenvalue weighted by molar-refractivity contribution is 9.09. The second kappa shape index (κ2) is 5.44. The summed E-state index contributed by atoms with van der Waals surface area (Å²) >= 11 is 3.10. The highest BCUT2D eigenvalue weighted by Crippen LogP contribution is 2.33. The molecule has 0 aromatic carbocycles. The van der Waals surface area contributed by atoms with Crippen LogP contribution in [0.1, 0.15) is 6.23 Å². The smallest absolute Gasteiger partial charge is 0.394 e. The van der Waals surface area contributed by atoms with E-state index in [0.717, 1.165) is 16.8 Å². The molecule has 0 amide bonds. The molecule has 0 aliphatic carbocycles. The summed E-state index contributed by atoms with van der Waals surface area (Å²) < 4.78 is 5.90. The minimum atomic E-state index is -1.21. The number of nitrogens with zero attached hydrogens (tertiary/aromatic N) is 3. The Morgan fingerprint density at radius 2 is 2.15 bits per heavy atom. The first-order chi connectivity index (χ1) is 9.38. The summed E-state index contributed by atoms with van der Waals surface area (Å²) in [5.41, 5.74) is -2.29. The molecule has 2 rings (SSSR count). The van der Waals surface area contributed by atoms with Gasteiger partial charge in [-0.2, -0.15) is 0 Å². The second-order valence-electron chi connectivity index (χ2n) is 4.08. The van der Waals surface area contributed by atoms with Crippen molar-refractivity contribution in [1.29, 1.82) is 0 Å². The molecule has 0 saturated carbocycles. The number of aromatic nitrogens is 2. The van der Waals surface area contributed by atoms with Crippen molar-refractivity contribution in [2.45, 2.75) is 23.3 Å². The molecule has 2 N–H and O–H groups in total. The van der Waals surface area contributed by atoms with E-state index in [0.29, 0.717) is 0 Å². The third kappa shape index (κ3) is 2.28. The predicted octanol–water partition coefficient (Wildman–Crippen LogP) is -1.94. The standard InChI is InChI=1S/C9H10BrN3O7/c10-6-7(16)4(3-14)20-8(6)11-2-1-5(15)12(9(11)17)13(18)19/h1-2,4,6-8,14,16H,3H2/t4-,6+,7-,8-/m1/s1. The zero-order valence-electron chi connectivity index (χ0n) is 9.83. The van der Waals surface area contributed by atoms with E-state index in [-0.39, 0.29) is 4.68 Å². The van der Waals surface area contributed by atoms with Crippen LogP contribution in [0.25, 0.3) is 0 Å². The van der Waals surface area contributed by atoms with Gasteiger partial charge in [0.25, 0.3) is 0 Å². The fourth-order valence-corrected chi connectivity index (χ4v) is 2.62. The first-order valence-corrected chi connectivity index (χ1v) is 6.37. The molecule has 1 aromatic heterocycles. The number of hydrogen-bond donors (Lipinski definition) is 2. The molecule has 2 heterocycles. The van der Waals surface area contributed by atoms with Crippen molar-refractivity contribution < 1.29 is 20.0 Å². The zero-order chi connectivity index (χ0) is 15.0. The van der Waals surface area contributed by atoms with Crippen LogP contribution < -0.4 is 11.2 Å². The van der Waals surface area contributed by atoms with E-state index in [1.165, 1.54) is 0 Å². The normalized spacial score (nSPS) is 29.6. The van der Waals surface area contributed by atoms with Gasteiger partial charge < -0.3 is 14.9 Å². The molecule has 1 aromatic rings. The van der Waals surface area contributed by atoms with Crippen molar-refractivity contribution >= 4 is 15.9 Å². The maximum atomic E-state index is 11.9. The summed E-state index contributed by atoms with van der Waals surface area (Å²) in [5.74, 6) is 0. The summed E-state index contributed by atoms with van der Waals surface area (Å²) in [7, 11) is 0. The van der Waals surface area contributed by atoms with Gasteiger partial charge in [-0.05, 0) is 0 Å². The van der Waals surface area contributed by atoms with Crippen LogP contribution in [0.2, 0.25) is 0 Å². The Kier molecular flexibility index (Phi) is 4.04. The van der Waals surface area contributed by atoms with Crippen LogP contribution in [0.3, 0.4) is 0 Å². The Balaban J connectivity index is 2.50. The van der Waals surface area contributed by atoms with Gasteiger partial charge in [0, 0.05) is 16.9 Å². The third-order valence-corrected chi connectivity index (χ3v) is 3.89. The van der Waals surface area contributed by atoms with E-state index in [2.05, 4.69) is 15.9 Å². The number of rotatable bonds is 3. The highest BCUT2D eigenvalue weighted by atomic mass is 79.9. The molecule has 0 spiro atoms. The van der Waals surface area contributed by atoms with Crippen LogP contribution in [-0.2, 0) is 4.74 Å². The lowest BCUT2D eigenvalue weighted by molar-refractivity contribution is -0.549. The van der Waals surface area contributed by atoms with Gasteiger partial charge in [0.2, 0.25) is 0 Å². The van der Waals surface area contributed by atoms with Gasteiger partial charge in [-0.1, -0.05) is 15.9 Å². The number of aliphatic hydroxyl groups is 2. The molecular formula is C9H10BrN3O7. The van der Waals surface area contributed by atoms with E-state index in [4.69, 9.17) is 9.84 Å². The number of alkyl halides is 1. The lowest BCUT2D eigenvalue weighted by Crippen LogP contribution is -2.45. The lowest BCUT2D eigenvalue weighted by atomic mass is 10.2. The molecule has 1 fully saturated rings. The van der Waals surface area contributed by atoms with Crippen LogP contribution in [0.5, 0.6) is 0 Å². The predicted molar refractivity (Wildman–Crippen MR) is 67.1 cm³/mol. The van der Waals surface area contributed by atoms with Gasteiger partial charge in [-0.25, -0.2) is 14.9 Å². The second-order valence-corrected chi connectivity index (χ2v) is 5.13. The molecule has 0 radical (unpaired) electrons. The number of aliphatic hydroxyl groups excluding tert-OH is 2. The summed E-state index contributed by atoms with van der Waals surface area (Å²) in [6.07, 6.45) is -2.09. The molecule has 1 aliphatic rings. The van der Waals surface area contributed by atoms with Crippen molar-refractivity contribution in [3.05, 3.63) is 43.2 Å². The average molecular weight is 352 g/mol. The Morgan fingerprint density at radius 3 is 2.65 bits per heavy atom. The third-order valence-electron chi connectivity index (χ3n) is 2.90. The molecular weight excluding hydrogens is 342 g/mol. The van der Waals surface area contributed by atoms with Gasteiger partial charge in [0.05, 0.1) is 17.5 Å². The summed E-state index contributed by atoms with van der Waals surface area (Å²) in [4.78, 5) is 33.1. The van der Waals surface area contributed by atoms with Crippen molar-refractivity contribution in [3.8, 4) is 0 Å². The molecule has 20 heavy (non-hydrogen) atoms. The maximum Gasteiger partial charge on any atom is 0.394 e. The summed E-state index contributed by atoms with van der Waals surface area (Å²) in [6, 6.07) is 0.839. The monoisotopic (exact) mass is 351 g/mol. The van der Waals surface area contributed by atoms with Gasteiger partial charge in [0.1, 0.15) is 6.10 Å². The van der Waals surface area contributed by atoms with E-state index in [9.17, 15) is 24.8 Å². The molecule has 0 unspecified atom stereocenters. The Labute approximate surface area is 119 Å². The van der Waals surface area contributed by atoms with Crippen molar-refractivity contribution in [3.63, 3.8) is 0 Å². The van der Waals surface area contributed by atoms with Crippen LogP contribution >= 0.6 is 15.9 Å². The average Bonchev–Trinajstić information content (AvgIpc) is 2.66. The highest BCUT2D eigenvalue weighted by Gasteiger charge is 2.43. The largest absolute Gasteiger partial charge is 0.394 e. The van der Waals surface area contributed by atoms with Crippen LogP contribution in [-0.4, -0.2) is 48.1 Å². The van der Waals surface area contributed by atoms with Crippen LogP contribution in [0.4, 0.5) is 0 Å². The van der Waals surface area contributed by atoms with E-state index in [1.54, 1.807) is 0 Å². The Hall–Kier alpha value is -1.56. The quantitative estimate of drug-likeness (QED) is 0.367. The number of hydrogen-bond acceptors (Lipinski definition) is 7. The number of halogens is 1. The van der Waals surface area contributed by atoms with Gasteiger partial charge in [-0.15, -0.1) is 0 Å². The zero-order valence-corrected chi connectivity index (χ0v) is 11.4. The Morgan fingerprint density at radius 1 is 1.50 bits per heavy atom. The molecule has 110 valence electrons. The molecule has 1 saturated heterocycles. The van der Waals surface area contributed by atoms with E-state index >= 15 is 0 Å². The molecule has 10 nitrogen and oxygen atoms in total. The molecule has 0 bridgehead atoms. The molecule has 1 aliphatic heterocycles. The topological polar surface area (TPSA) is 137 Å². The fraction of sp³-hybridized carbons (Fsp3) is 0.556. The minimum absolute atomic E-state index is 0.165. The van der Waals surface area contributed by atoms with Crippen molar-refractivity contribution in [2.24, 2.45) is 0 Å². The van der Waals surface area contributed by atoms with E-state index < -0.39 is 46.2 Å². The minimum Gasteiger partial charge on any atom is -0.394 e. The first kappa shape index (κ1) is 14.8. The summed E-state index contributed by atoms with van der Waals surface area (Å²) in [6.45, 7) is -0.483. The fourth-order valence-electron chi connectivity index (χ4n) is 1.90. The first-order valence-electron chi connectivity index (χ1n) is 5.45. The maximum absolute atomic E-state index is 11.9. The van der Waals surface area contributed by atoms with Gasteiger partial charge in [0.15, 0.2) is 11.3 Å². The molecule has 11 heteroatoms. The van der Waals surface area contributed by atoms with Crippen molar-refractivity contribution in [2.75, 3.05) is 6.61 Å². The van der Waals surface area contributed by atoms with Gasteiger partial charge >= 0.3 is 11.2 Å². The van der Waals surface area contributed by atoms with Gasteiger partial charge in [-0.3, -0.25) is 9.36 Å². The molecule has 4 atom stereocenters. The Bertz CT molecular complexity index is 641. The lowest BCUT2D eigenvalue weighted by Gasteiger charge is -2.16. The number of nitro groups is 1. The SMILES string of the molecule is O=c1ccn([C@@H]2O[C@H](CO)[C@@H](O)[C@@H]2Br)c(=O)n1[N+](=O)[O-]. The van der Waals surface area contributed by atoms with Crippen LogP contribution in [0, 0.1) is 10.1 Å². The van der Waals surface area contributed by atoms with Crippen molar-refractivity contribution in [1.82, 2.24) is 9.24 Å². The number of ether oxygens (including phenoxy) is 1. The van der Waals surface area contributed by atoms with Crippen LogP contribution in [0.15, 0.2) is 21.9 Å². The van der Waals surface area contributed by atoms with E-state index in [1.807, 2.05) is 0 Å². The summed E-state index contributed by atoms with van der Waals surface area (Å²) in [5, 5.41) is 28.3.